The van der Waals surface area contributed by atoms with Gasteiger partial charge in [-0.15, -0.1) is 0 Å². The van der Waals surface area contributed by atoms with Gasteiger partial charge in [-0.1, -0.05) is 83.2 Å². The fourth-order valence-corrected chi connectivity index (χ4v) is 4.83. The average Bonchev–Trinajstić information content (AvgIpc) is 2.72. The number of nitrogens with zero attached hydrogens (tertiary/aromatic N) is 1. The van der Waals surface area contributed by atoms with Crippen LogP contribution in [0.5, 0.6) is 0 Å². The Kier molecular flexibility index (Phi) is 5.13. The number of benzene rings is 3. The van der Waals surface area contributed by atoms with E-state index in [0.29, 0.717) is 0 Å². The predicted octanol–water partition coefficient (Wildman–Crippen LogP) is 4.18. The molecule has 0 atom stereocenters. The zero-order valence-electron chi connectivity index (χ0n) is 14.9. The van der Waals surface area contributed by atoms with Gasteiger partial charge in [-0.05, 0) is 43.2 Å². The van der Waals surface area contributed by atoms with Crippen LogP contribution in [0, 0.1) is 0 Å². The molecule has 128 valence electrons. The van der Waals surface area contributed by atoms with Gasteiger partial charge < -0.3 is 4.90 Å². The zero-order chi connectivity index (χ0) is 17.6. The highest BCUT2D eigenvalue weighted by Gasteiger charge is 2.13. The fourth-order valence-electron chi connectivity index (χ4n) is 3.38. The van der Waals surface area contributed by atoms with Crippen molar-refractivity contribution in [2.45, 2.75) is 12.8 Å². The van der Waals surface area contributed by atoms with Crippen LogP contribution in [0.3, 0.4) is 0 Å². The van der Waals surface area contributed by atoms with Crippen LogP contribution in [0.25, 0.3) is 0 Å². The SMILES string of the molecule is C1=CC(N(c2ccccc2)c2ccc([SiH2]c3ccccc3)cc2)=CCC1. The summed E-state index contributed by atoms with van der Waals surface area (Å²) in [6.45, 7) is 0. The molecule has 0 N–H and O–H groups in total. The molecule has 1 aliphatic carbocycles. The van der Waals surface area contributed by atoms with E-state index in [0.717, 1.165) is 12.8 Å². The van der Waals surface area contributed by atoms with Gasteiger partial charge in [0.15, 0.2) is 0 Å². The molecule has 0 fully saturated rings. The molecule has 0 spiro atoms. The van der Waals surface area contributed by atoms with E-state index in [1.807, 2.05) is 0 Å². The van der Waals surface area contributed by atoms with E-state index >= 15 is 0 Å². The Hall–Kier alpha value is -2.84. The molecule has 0 unspecified atom stereocenters. The van der Waals surface area contributed by atoms with E-state index in [9.17, 15) is 0 Å². The monoisotopic (exact) mass is 353 g/mol. The summed E-state index contributed by atoms with van der Waals surface area (Å²) in [6, 6.07) is 30.6. The summed E-state index contributed by atoms with van der Waals surface area (Å²) in [6.07, 6.45) is 9.08. The summed E-state index contributed by atoms with van der Waals surface area (Å²) < 4.78 is 0. The van der Waals surface area contributed by atoms with Crippen molar-refractivity contribution in [1.29, 1.82) is 0 Å². The number of anilines is 2. The second kappa shape index (κ2) is 8.02. The van der Waals surface area contributed by atoms with Gasteiger partial charge in [0.25, 0.3) is 0 Å². The molecule has 0 heterocycles. The summed E-state index contributed by atoms with van der Waals surface area (Å²) in [7, 11) is -0.408. The smallest absolute Gasteiger partial charge is 0.0875 e. The molecular formula is C24H23NSi. The Balaban J connectivity index is 1.63. The van der Waals surface area contributed by atoms with E-state index in [-0.39, 0.29) is 0 Å². The first-order chi connectivity index (χ1) is 12.9. The normalized spacial score (nSPS) is 13.8. The van der Waals surface area contributed by atoms with E-state index in [1.54, 1.807) is 0 Å². The summed E-state index contributed by atoms with van der Waals surface area (Å²) in [5, 5.41) is 2.96. The third kappa shape index (κ3) is 3.87. The van der Waals surface area contributed by atoms with Gasteiger partial charge in [-0.25, -0.2) is 0 Å². The third-order valence-corrected chi connectivity index (χ3v) is 6.45. The van der Waals surface area contributed by atoms with E-state index in [4.69, 9.17) is 0 Å². The van der Waals surface area contributed by atoms with Crippen LogP contribution in [0.2, 0.25) is 0 Å². The van der Waals surface area contributed by atoms with Crippen molar-refractivity contribution in [2.24, 2.45) is 0 Å². The molecule has 0 saturated heterocycles. The van der Waals surface area contributed by atoms with Gasteiger partial charge in [-0.3, -0.25) is 0 Å². The van der Waals surface area contributed by atoms with Gasteiger partial charge >= 0.3 is 0 Å². The Bertz CT molecular complexity index is 896. The maximum atomic E-state index is 2.35. The summed E-state index contributed by atoms with van der Waals surface area (Å²) >= 11 is 0. The largest absolute Gasteiger partial charge is 0.311 e. The molecule has 0 aromatic heterocycles. The van der Waals surface area contributed by atoms with Gasteiger partial charge in [0, 0.05) is 17.1 Å². The minimum absolute atomic E-state index is 0.408. The highest BCUT2D eigenvalue weighted by molar-refractivity contribution is 6.67. The first-order valence-electron chi connectivity index (χ1n) is 9.25. The highest BCUT2D eigenvalue weighted by atomic mass is 28.2. The molecule has 2 heteroatoms. The van der Waals surface area contributed by atoms with Crippen LogP contribution < -0.4 is 15.3 Å². The molecule has 26 heavy (non-hydrogen) atoms. The lowest BCUT2D eigenvalue weighted by Crippen LogP contribution is -2.27. The van der Waals surface area contributed by atoms with E-state index in [2.05, 4.69) is 108 Å². The second-order valence-corrected chi connectivity index (χ2v) is 8.60. The fraction of sp³-hybridized carbons (Fsp3) is 0.0833. The standard InChI is InChI=1S/C24H23NSi/c1-4-10-20(11-5-1)25(21-12-6-2-7-13-21)22-16-18-24(19-17-22)26-23-14-8-3-9-15-23/h1,3-6,8-19H,2,7,26H2. The quantitative estimate of drug-likeness (QED) is 0.622. The maximum absolute atomic E-state index is 2.35. The van der Waals surface area contributed by atoms with Gasteiger partial charge in [0.2, 0.25) is 0 Å². The van der Waals surface area contributed by atoms with Crippen molar-refractivity contribution in [2.75, 3.05) is 4.90 Å². The summed E-state index contributed by atoms with van der Waals surface area (Å²) in [5.41, 5.74) is 3.69. The molecule has 1 nitrogen and oxygen atoms in total. The zero-order valence-corrected chi connectivity index (χ0v) is 16.3. The molecule has 0 aliphatic heterocycles. The Labute approximate surface area is 158 Å². The van der Waals surface area contributed by atoms with Gasteiger partial charge in [0.05, 0.1) is 9.52 Å². The Morgan fingerprint density at radius 2 is 1.23 bits per heavy atom. The van der Waals surface area contributed by atoms with Crippen LogP contribution in [0.15, 0.2) is 109 Å². The van der Waals surface area contributed by atoms with Gasteiger partial charge in [0.1, 0.15) is 0 Å². The number of para-hydroxylation sites is 1. The predicted molar refractivity (Wildman–Crippen MR) is 116 cm³/mol. The summed E-state index contributed by atoms with van der Waals surface area (Å²) in [4.78, 5) is 2.35. The lowest BCUT2D eigenvalue weighted by atomic mass is 10.1. The summed E-state index contributed by atoms with van der Waals surface area (Å²) in [5.74, 6) is 0. The van der Waals surface area contributed by atoms with Crippen molar-refractivity contribution in [3.63, 3.8) is 0 Å². The van der Waals surface area contributed by atoms with Crippen molar-refractivity contribution in [3.8, 4) is 0 Å². The number of hydrogen-bond donors (Lipinski definition) is 0. The Morgan fingerprint density at radius 1 is 0.615 bits per heavy atom. The molecule has 0 amide bonds. The van der Waals surface area contributed by atoms with Gasteiger partial charge in [-0.2, -0.15) is 0 Å². The number of rotatable bonds is 5. The Morgan fingerprint density at radius 3 is 1.88 bits per heavy atom. The lowest BCUT2D eigenvalue weighted by Gasteiger charge is -2.27. The van der Waals surface area contributed by atoms with E-state index < -0.39 is 9.52 Å². The molecule has 3 aromatic rings. The van der Waals surface area contributed by atoms with Crippen LogP contribution >= 0.6 is 0 Å². The van der Waals surface area contributed by atoms with Crippen molar-refractivity contribution in [3.05, 3.63) is 109 Å². The minimum atomic E-state index is -0.408. The first kappa shape index (κ1) is 16.6. The number of allylic oxidation sites excluding steroid dienone is 3. The number of hydrogen-bond acceptors (Lipinski definition) is 1. The topological polar surface area (TPSA) is 3.24 Å². The van der Waals surface area contributed by atoms with Crippen LogP contribution in [-0.2, 0) is 0 Å². The minimum Gasteiger partial charge on any atom is -0.311 e. The molecular weight excluding hydrogens is 330 g/mol. The molecule has 1 aliphatic rings. The van der Waals surface area contributed by atoms with Crippen LogP contribution in [-0.4, -0.2) is 9.52 Å². The lowest BCUT2D eigenvalue weighted by molar-refractivity contribution is 0.997. The maximum Gasteiger partial charge on any atom is 0.0875 e. The van der Waals surface area contributed by atoms with Crippen LogP contribution in [0.1, 0.15) is 12.8 Å². The molecule has 3 aromatic carbocycles. The third-order valence-electron chi connectivity index (χ3n) is 4.69. The van der Waals surface area contributed by atoms with Crippen molar-refractivity contribution in [1.82, 2.24) is 0 Å². The van der Waals surface area contributed by atoms with Crippen molar-refractivity contribution >= 4 is 31.3 Å². The average molecular weight is 354 g/mol. The highest BCUT2D eigenvalue weighted by Crippen LogP contribution is 2.31. The molecule has 0 bridgehead atoms. The second-order valence-electron chi connectivity index (χ2n) is 6.61. The first-order valence-corrected chi connectivity index (χ1v) is 10.7. The molecule has 0 saturated carbocycles. The van der Waals surface area contributed by atoms with Crippen LogP contribution in [0.4, 0.5) is 11.4 Å². The van der Waals surface area contributed by atoms with Crippen molar-refractivity contribution < 1.29 is 0 Å². The van der Waals surface area contributed by atoms with E-state index in [1.165, 1.54) is 27.4 Å². The molecule has 4 rings (SSSR count). The molecule has 0 radical (unpaired) electrons.